The van der Waals surface area contributed by atoms with Crippen molar-refractivity contribution in [1.29, 1.82) is 5.41 Å². The van der Waals surface area contributed by atoms with E-state index in [1.165, 1.54) is 4.57 Å². The second kappa shape index (κ2) is 5.24. The van der Waals surface area contributed by atoms with Crippen LogP contribution in [0.5, 0.6) is 0 Å². The Morgan fingerprint density at radius 3 is 2.75 bits per heavy atom. The first-order chi connectivity index (χ1) is 7.52. The summed E-state index contributed by atoms with van der Waals surface area (Å²) >= 11 is 0. The first-order valence-electron chi connectivity index (χ1n) is 4.86. The smallest absolute Gasteiger partial charge is 0.441 e. The minimum Gasteiger partial charge on any atom is -0.477 e. The van der Waals surface area contributed by atoms with E-state index in [9.17, 15) is 9.59 Å². The minimum atomic E-state index is -1.20. The third kappa shape index (κ3) is 3.04. The lowest BCUT2D eigenvalue weighted by Gasteiger charge is -2.01. The van der Waals surface area contributed by atoms with E-state index in [0.717, 1.165) is 0 Å². The van der Waals surface area contributed by atoms with Crippen molar-refractivity contribution in [1.82, 2.24) is 9.72 Å². The third-order valence-corrected chi connectivity index (χ3v) is 2.18. The number of carboxylic acid groups (broad SMARTS) is 1. The summed E-state index contributed by atoms with van der Waals surface area (Å²) < 4.78 is 5.81. The van der Waals surface area contributed by atoms with Crippen LogP contribution in [0.1, 0.15) is 25.1 Å². The first kappa shape index (κ1) is 12.2. The Hall–Kier alpha value is -1.92. The van der Waals surface area contributed by atoms with Gasteiger partial charge in [0.2, 0.25) is 0 Å². The minimum absolute atomic E-state index is 0.203. The van der Waals surface area contributed by atoms with E-state index in [2.05, 4.69) is 9.68 Å². The average Bonchev–Trinajstić information content (AvgIpc) is 2.54. The predicted octanol–water partition coefficient (Wildman–Crippen LogP) is 0.419. The normalized spacial score (nSPS) is 10.3. The fourth-order valence-electron chi connectivity index (χ4n) is 1.27. The molecule has 0 aliphatic carbocycles. The molecule has 7 heteroatoms. The molecule has 0 atom stereocenters. The Bertz CT molecular complexity index is 446. The van der Waals surface area contributed by atoms with Gasteiger partial charge in [-0.1, -0.05) is 5.16 Å². The molecule has 0 bridgehead atoms. The van der Waals surface area contributed by atoms with Gasteiger partial charge in [-0.05, 0) is 26.2 Å². The zero-order valence-corrected chi connectivity index (χ0v) is 8.89. The fourth-order valence-corrected chi connectivity index (χ4v) is 1.27. The summed E-state index contributed by atoms with van der Waals surface area (Å²) in [6, 6.07) is 0. The van der Waals surface area contributed by atoms with Crippen molar-refractivity contribution in [3.63, 3.8) is 0 Å². The number of carboxylic acids is 1. The summed E-state index contributed by atoms with van der Waals surface area (Å²) in [5.74, 6) is -1.21. The zero-order chi connectivity index (χ0) is 12.1. The van der Waals surface area contributed by atoms with Crippen LogP contribution < -0.4 is 5.76 Å². The van der Waals surface area contributed by atoms with Crippen LogP contribution >= 0.6 is 0 Å². The molecule has 0 aliphatic rings. The maximum atomic E-state index is 11.1. The van der Waals surface area contributed by atoms with E-state index < -0.39 is 11.7 Å². The maximum Gasteiger partial charge on any atom is 0.441 e. The molecule has 1 aromatic rings. The van der Waals surface area contributed by atoms with Crippen molar-refractivity contribution >= 4 is 11.7 Å². The second-order valence-corrected chi connectivity index (χ2v) is 3.39. The Kier molecular flexibility index (Phi) is 3.98. The average molecular weight is 227 g/mol. The van der Waals surface area contributed by atoms with Crippen molar-refractivity contribution in [2.45, 2.75) is 32.7 Å². The van der Waals surface area contributed by atoms with Crippen LogP contribution in [0.3, 0.4) is 0 Å². The van der Waals surface area contributed by atoms with Crippen LogP contribution in [0.4, 0.5) is 0 Å². The standard InChI is InChI=1S/C9H13N3O4/c1-6-11-16-9(15)12(6)5-3-2-4-7(10)8(13)14/h10H,2-5H2,1H3,(H,13,14). The monoisotopic (exact) mass is 227 g/mol. The number of nitrogens with one attached hydrogen (secondary N) is 1. The molecule has 0 spiro atoms. The number of nitrogens with zero attached hydrogens (tertiary/aromatic N) is 2. The van der Waals surface area contributed by atoms with Crippen molar-refractivity contribution in [3.8, 4) is 0 Å². The fraction of sp³-hybridized carbons (Fsp3) is 0.556. The lowest BCUT2D eigenvalue weighted by molar-refractivity contribution is -0.129. The SMILES string of the molecule is Cc1noc(=O)n1CCCCC(=N)C(=O)O. The van der Waals surface area contributed by atoms with Crippen molar-refractivity contribution in [2.75, 3.05) is 0 Å². The van der Waals surface area contributed by atoms with Gasteiger partial charge in [-0.3, -0.25) is 14.5 Å². The van der Waals surface area contributed by atoms with Crippen molar-refractivity contribution in [3.05, 3.63) is 16.4 Å². The second-order valence-electron chi connectivity index (χ2n) is 3.39. The largest absolute Gasteiger partial charge is 0.477 e. The van der Waals surface area contributed by atoms with Crippen molar-refractivity contribution in [2.24, 2.45) is 0 Å². The van der Waals surface area contributed by atoms with Crippen LogP contribution in [0.25, 0.3) is 0 Å². The highest BCUT2D eigenvalue weighted by atomic mass is 16.5. The molecule has 0 saturated carbocycles. The van der Waals surface area contributed by atoms with Crippen LogP contribution in [0, 0.1) is 12.3 Å². The number of aryl methyl sites for hydroxylation is 1. The van der Waals surface area contributed by atoms with E-state index in [-0.39, 0.29) is 12.1 Å². The molecule has 0 aliphatic heterocycles. The molecule has 0 unspecified atom stereocenters. The summed E-state index contributed by atoms with van der Waals surface area (Å²) in [7, 11) is 0. The third-order valence-electron chi connectivity index (χ3n) is 2.18. The number of hydrogen-bond acceptors (Lipinski definition) is 5. The van der Waals surface area contributed by atoms with Gasteiger partial charge in [-0.25, -0.2) is 9.59 Å². The van der Waals surface area contributed by atoms with Gasteiger partial charge < -0.3 is 5.11 Å². The van der Waals surface area contributed by atoms with Crippen LogP contribution in [0.15, 0.2) is 9.32 Å². The van der Waals surface area contributed by atoms with Gasteiger partial charge in [-0.2, -0.15) is 0 Å². The van der Waals surface area contributed by atoms with E-state index in [4.69, 9.17) is 10.5 Å². The number of aliphatic carboxylic acids is 1. The van der Waals surface area contributed by atoms with Crippen molar-refractivity contribution < 1.29 is 14.4 Å². The highest BCUT2D eigenvalue weighted by Gasteiger charge is 2.08. The Morgan fingerprint density at radius 1 is 1.56 bits per heavy atom. The van der Waals surface area contributed by atoms with E-state index in [1.54, 1.807) is 6.92 Å². The Labute approximate surface area is 91.2 Å². The number of rotatable bonds is 6. The molecule has 0 radical (unpaired) electrons. The van der Waals surface area contributed by atoms with Gasteiger partial charge in [0.25, 0.3) is 0 Å². The van der Waals surface area contributed by atoms with Crippen LogP contribution in [-0.4, -0.2) is 26.5 Å². The van der Waals surface area contributed by atoms with E-state index in [0.29, 0.717) is 25.2 Å². The van der Waals surface area contributed by atoms with Gasteiger partial charge in [0.15, 0.2) is 5.82 Å². The molecular formula is C9H13N3O4. The molecule has 88 valence electrons. The number of carbonyl (C=O) groups is 1. The highest BCUT2D eigenvalue weighted by Crippen LogP contribution is 2.00. The molecule has 0 amide bonds. The van der Waals surface area contributed by atoms with Gasteiger partial charge in [0, 0.05) is 6.54 Å². The predicted molar refractivity (Wildman–Crippen MR) is 54.7 cm³/mol. The Morgan fingerprint density at radius 2 is 2.25 bits per heavy atom. The summed E-state index contributed by atoms with van der Waals surface area (Å²) in [5, 5.41) is 19.0. The lowest BCUT2D eigenvalue weighted by Crippen LogP contribution is -2.16. The summed E-state index contributed by atoms with van der Waals surface area (Å²) in [6.45, 7) is 2.09. The molecule has 1 rings (SSSR count). The molecule has 2 N–H and O–H groups in total. The molecule has 16 heavy (non-hydrogen) atoms. The molecule has 0 fully saturated rings. The Balaban J connectivity index is 2.34. The maximum absolute atomic E-state index is 11.1. The number of unbranched alkanes of at least 4 members (excludes halogenated alkanes) is 1. The van der Waals surface area contributed by atoms with Crippen LogP contribution in [0.2, 0.25) is 0 Å². The summed E-state index contributed by atoms with van der Waals surface area (Å²) in [5.41, 5.74) is -0.311. The van der Waals surface area contributed by atoms with E-state index >= 15 is 0 Å². The quantitative estimate of drug-likeness (QED) is 0.540. The molecular weight excluding hydrogens is 214 g/mol. The summed E-state index contributed by atoms with van der Waals surface area (Å²) in [4.78, 5) is 21.4. The van der Waals surface area contributed by atoms with Gasteiger partial charge in [0.1, 0.15) is 5.71 Å². The lowest BCUT2D eigenvalue weighted by atomic mass is 10.1. The summed E-state index contributed by atoms with van der Waals surface area (Å²) in [6.07, 6.45) is 1.36. The first-order valence-corrected chi connectivity index (χ1v) is 4.86. The highest BCUT2D eigenvalue weighted by molar-refractivity contribution is 6.34. The molecule has 1 heterocycles. The topological polar surface area (TPSA) is 109 Å². The zero-order valence-electron chi connectivity index (χ0n) is 8.89. The number of aromatic nitrogens is 2. The van der Waals surface area contributed by atoms with Gasteiger partial charge in [0.05, 0.1) is 0 Å². The van der Waals surface area contributed by atoms with Gasteiger partial charge >= 0.3 is 11.7 Å². The number of hydrogen-bond donors (Lipinski definition) is 2. The molecule has 1 aromatic heterocycles. The molecule has 0 aromatic carbocycles. The van der Waals surface area contributed by atoms with Gasteiger partial charge in [-0.15, -0.1) is 0 Å². The molecule has 7 nitrogen and oxygen atoms in total. The van der Waals surface area contributed by atoms with E-state index in [1.807, 2.05) is 0 Å². The molecule has 0 saturated heterocycles. The van der Waals surface area contributed by atoms with Crippen LogP contribution in [-0.2, 0) is 11.3 Å².